The zero-order valence-corrected chi connectivity index (χ0v) is 8.55. The molecule has 0 spiro atoms. The Kier molecular flexibility index (Phi) is 2.93. The van der Waals surface area contributed by atoms with Gasteiger partial charge in [-0.2, -0.15) is 0 Å². The predicted molar refractivity (Wildman–Crippen MR) is 57.5 cm³/mol. The number of ether oxygens (including phenoxy) is 1. The second kappa shape index (κ2) is 4.55. The van der Waals surface area contributed by atoms with Crippen molar-refractivity contribution in [2.45, 2.75) is 13.5 Å². The molecule has 0 unspecified atom stereocenters. The second-order valence-corrected chi connectivity index (χ2v) is 3.30. The summed E-state index contributed by atoms with van der Waals surface area (Å²) in [5, 5.41) is 0. The Morgan fingerprint density at radius 3 is 2.60 bits per heavy atom. The van der Waals surface area contributed by atoms with Gasteiger partial charge in [0.1, 0.15) is 12.4 Å². The molecule has 0 aliphatic heterocycles. The monoisotopic (exact) mass is 200 g/mol. The maximum Gasteiger partial charge on any atom is 0.130 e. The van der Waals surface area contributed by atoms with Crippen LogP contribution in [0.2, 0.25) is 0 Å². The van der Waals surface area contributed by atoms with Gasteiger partial charge in [0.15, 0.2) is 0 Å². The number of nitrogens with zero attached hydrogens (tertiary/aromatic N) is 2. The van der Waals surface area contributed by atoms with Crippen molar-refractivity contribution in [1.29, 1.82) is 0 Å². The molecule has 0 saturated heterocycles. The van der Waals surface area contributed by atoms with Gasteiger partial charge in [-0.1, -0.05) is 6.07 Å². The van der Waals surface area contributed by atoms with Crippen molar-refractivity contribution in [3.63, 3.8) is 0 Å². The maximum absolute atomic E-state index is 5.53. The molecule has 15 heavy (non-hydrogen) atoms. The van der Waals surface area contributed by atoms with Crippen molar-refractivity contribution in [2.75, 3.05) is 0 Å². The molecule has 0 radical (unpaired) electrons. The van der Waals surface area contributed by atoms with Crippen LogP contribution >= 0.6 is 0 Å². The summed E-state index contributed by atoms with van der Waals surface area (Å²) in [7, 11) is 0. The molecule has 2 aromatic rings. The quantitative estimate of drug-likeness (QED) is 0.762. The van der Waals surface area contributed by atoms with Crippen molar-refractivity contribution >= 4 is 0 Å². The van der Waals surface area contributed by atoms with Crippen LogP contribution in [0.4, 0.5) is 0 Å². The molecular formula is C12H12N2O. The van der Waals surface area contributed by atoms with Crippen molar-refractivity contribution in [3.8, 4) is 5.75 Å². The van der Waals surface area contributed by atoms with Crippen LogP contribution in [0, 0.1) is 6.92 Å². The summed E-state index contributed by atoms with van der Waals surface area (Å²) in [5.41, 5.74) is 2.08. The first kappa shape index (κ1) is 9.65. The van der Waals surface area contributed by atoms with Crippen molar-refractivity contribution in [2.24, 2.45) is 0 Å². The number of hydrogen-bond donors (Lipinski definition) is 0. The lowest BCUT2D eigenvalue weighted by atomic mass is 10.3. The van der Waals surface area contributed by atoms with Gasteiger partial charge in [0.25, 0.3) is 0 Å². The standard InChI is InChI=1S/C12H12N2O/c1-10-2-3-11(14-8-10)9-15-12-4-6-13-7-5-12/h2-8H,9H2,1H3. The molecule has 3 heteroatoms. The molecule has 3 nitrogen and oxygen atoms in total. The average Bonchev–Trinajstić information content (AvgIpc) is 2.30. The molecule has 0 bridgehead atoms. The minimum Gasteiger partial charge on any atom is -0.487 e. The molecule has 0 saturated carbocycles. The van der Waals surface area contributed by atoms with Crippen LogP contribution < -0.4 is 4.74 Å². The van der Waals surface area contributed by atoms with E-state index in [9.17, 15) is 0 Å². The molecule has 0 fully saturated rings. The van der Waals surface area contributed by atoms with Crippen molar-refractivity contribution in [1.82, 2.24) is 9.97 Å². The maximum atomic E-state index is 5.53. The topological polar surface area (TPSA) is 35.0 Å². The van der Waals surface area contributed by atoms with E-state index in [0.717, 1.165) is 17.0 Å². The second-order valence-electron chi connectivity index (χ2n) is 3.30. The predicted octanol–water partition coefficient (Wildman–Crippen LogP) is 2.36. The summed E-state index contributed by atoms with van der Waals surface area (Å²) < 4.78 is 5.53. The molecule has 0 aliphatic carbocycles. The fraction of sp³-hybridized carbons (Fsp3) is 0.167. The van der Waals surface area contributed by atoms with Gasteiger partial charge < -0.3 is 4.74 Å². The van der Waals surface area contributed by atoms with Crippen molar-refractivity contribution in [3.05, 3.63) is 54.1 Å². The Bertz CT molecular complexity index is 411. The minimum atomic E-state index is 0.490. The lowest BCUT2D eigenvalue weighted by molar-refractivity contribution is 0.301. The lowest BCUT2D eigenvalue weighted by Gasteiger charge is -2.04. The van der Waals surface area contributed by atoms with Gasteiger partial charge in [0, 0.05) is 18.6 Å². The van der Waals surface area contributed by atoms with E-state index >= 15 is 0 Å². The van der Waals surface area contributed by atoms with Gasteiger partial charge >= 0.3 is 0 Å². The molecule has 76 valence electrons. The highest BCUT2D eigenvalue weighted by Crippen LogP contribution is 2.09. The summed E-state index contributed by atoms with van der Waals surface area (Å²) in [6, 6.07) is 7.65. The molecule has 0 aliphatic rings. The Morgan fingerprint density at radius 2 is 1.93 bits per heavy atom. The van der Waals surface area contributed by atoms with E-state index in [4.69, 9.17) is 4.74 Å². The summed E-state index contributed by atoms with van der Waals surface area (Å²) >= 11 is 0. The SMILES string of the molecule is Cc1ccc(COc2ccncc2)nc1. The Balaban J connectivity index is 1.96. The summed E-state index contributed by atoms with van der Waals surface area (Å²) in [5.74, 6) is 0.812. The molecule has 2 rings (SSSR count). The number of aromatic nitrogens is 2. The van der Waals surface area contributed by atoms with Crippen LogP contribution in [-0.4, -0.2) is 9.97 Å². The van der Waals surface area contributed by atoms with Crippen molar-refractivity contribution < 1.29 is 4.74 Å². The highest BCUT2D eigenvalue weighted by Gasteiger charge is 1.95. The van der Waals surface area contributed by atoms with Gasteiger partial charge in [0.2, 0.25) is 0 Å². The van der Waals surface area contributed by atoms with Crippen LogP contribution in [0.1, 0.15) is 11.3 Å². The largest absolute Gasteiger partial charge is 0.487 e. The molecule has 0 atom stereocenters. The number of pyridine rings is 2. The smallest absolute Gasteiger partial charge is 0.130 e. The number of aryl methyl sites for hydroxylation is 1. The first-order chi connectivity index (χ1) is 7.34. The Labute approximate surface area is 88.8 Å². The molecule has 0 aromatic carbocycles. The van der Waals surface area contributed by atoms with Crippen LogP contribution in [0.3, 0.4) is 0 Å². The lowest BCUT2D eigenvalue weighted by Crippen LogP contribution is -1.97. The third-order valence-electron chi connectivity index (χ3n) is 2.01. The van der Waals surface area contributed by atoms with Gasteiger partial charge in [-0.15, -0.1) is 0 Å². The summed E-state index contributed by atoms with van der Waals surface area (Å²) in [6.45, 7) is 2.50. The highest BCUT2D eigenvalue weighted by atomic mass is 16.5. The normalized spacial score (nSPS) is 9.93. The molecule has 0 amide bonds. The van der Waals surface area contributed by atoms with E-state index in [-0.39, 0.29) is 0 Å². The van der Waals surface area contributed by atoms with E-state index in [1.807, 2.05) is 37.4 Å². The molecule has 0 N–H and O–H groups in total. The molecular weight excluding hydrogens is 188 g/mol. The highest BCUT2D eigenvalue weighted by molar-refractivity contribution is 5.18. The van der Waals surface area contributed by atoms with Gasteiger partial charge in [-0.25, -0.2) is 0 Å². The summed E-state index contributed by atoms with van der Waals surface area (Å²) in [6.07, 6.45) is 5.25. The van der Waals surface area contributed by atoms with Crippen LogP contribution in [0.25, 0.3) is 0 Å². The zero-order valence-electron chi connectivity index (χ0n) is 8.55. The van der Waals surface area contributed by atoms with E-state index in [2.05, 4.69) is 9.97 Å². The third-order valence-corrected chi connectivity index (χ3v) is 2.01. The first-order valence-electron chi connectivity index (χ1n) is 4.79. The fourth-order valence-electron chi connectivity index (χ4n) is 1.18. The third kappa shape index (κ3) is 2.77. The Hall–Kier alpha value is -1.90. The first-order valence-corrected chi connectivity index (χ1v) is 4.79. The van der Waals surface area contributed by atoms with E-state index in [1.54, 1.807) is 12.4 Å². The van der Waals surface area contributed by atoms with Crippen LogP contribution in [0.15, 0.2) is 42.9 Å². The van der Waals surface area contributed by atoms with E-state index in [0.29, 0.717) is 6.61 Å². The average molecular weight is 200 g/mol. The number of rotatable bonds is 3. The fourth-order valence-corrected chi connectivity index (χ4v) is 1.18. The number of hydrogen-bond acceptors (Lipinski definition) is 3. The van der Waals surface area contributed by atoms with E-state index < -0.39 is 0 Å². The Morgan fingerprint density at radius 1 is 1.13 bits per heavy atom. The van der Waals surface area contributed by atoms with E-state index in [1.165, 1.54) is 0 Å². The van der Waals surface area contributed by atoms with Crippen LogP contribution in [0.5, 0.6) is 5.75 Å². The minimum absolute atomic E-state index is 0.490. The van der Waals surface area contributed by atoms with Crippen LogP contribution in [-0.2, 0) is 6.61 Å². The zero-order chi connectivity index (χ0) is 10.5. The van der Waals surface area contributed by atoms with Gasteiger partial charge in [-0.3, -0.25) is 9.97 Å². The summed E-state index contributed by atoms with van der Waals surface area (Å²) in [4.78, 5) is 8.17. The van der Waals surface area contributed by atoms with Gasteiger partial charge in [0.05, 0.1) is 5.69 Å². The van der Waals surface area contributed by atoms with Gasteiger partial charge in [-0.05, 0) is 30.7 Å². The molecule has 2 aromatic heterocycles. The molecule has 2 heterocycles.